The number of hydrogen-bond acceptors (Lipinski definition) is 2. The maximum atomic E-state index is 10.8. The van der Waals surface area contributed by atoms with Gasteiger partial charge in [0, 0.05) is 10.9 Å². The van der Waals surface area contributed by atoms with Crippen LogP contribution in [-0.4, -0.2) is 17.2 Å². The Morgan fingerprint density at radius 1 is 1.12 bits per heavy atom. The maximum Gasteiger partial charge on any atom is 0.303 e. The zero-order chi connectivity index (χ0) is 18.4. The van der Waals surface area contributed by atoms with Crippen LogP contribution < -0.4 is 4.74 Å². The molecule has 25 heavy (non-hydrogen) atoms. The van der Waals surface area contributed by atoms with E-state index in [0.29, 0.717) is 0 Å². The van der Waals surface area contributed by atoms with Crippen LogP contribution in [0.4, 0.5) is 0 Å². The molecule has 0 aliphatic rings. The second kappa shape index (κ2) is 8.72. The minimum atomic E-state index is -0.809. The van der Waals surface area contributed by atoms with Crippen molar-refractivity contribution in [3.63, 3.8) is 0 Å². The predicted octanol–water partition coefficient (Wildman–Crippen LogP) is 5.47. The topological polar surface area (TPSA) is 46.5 Å². The molecule has 0 bridgehead atoms. The summed E-state index contributed by atoms with van der Waals surface area (Å²) in [7, 11) is 0. The molecule has 0 fully saturated rings. The van der Waals surface area contributed by atoms with E-state index in [1.807, 2.05) is 62.4 Å². The fourth-order valence-electron chi connectivity index (χ4n) is 2.49. The van der Waals surface area contributed by atoms with E-state index >= 15 is 0 Å². The summed E-state index contributed by atoms with van der Waals surface area (Å²) in [5.74, 6) is -0.137. The summed E-state index contributed by atoms with van der Waals surface area (Å²) in [5, 5.41) is 9.58. The van der Waals surface area contributed by atoms with Crippen LogP contribution >= 0.6 is 11.6 Å². The van der Waals surface area contributed by atoms with Gasteiger partial charge in [0.15, 0.2) is 0 Å². The SMILES string of the molecule is C=C(Cc1ccc(Cl)cc1)c1ccc(OC(C)C(C)CC(=O)O)cc1. The molecule has 4 heteroatoms. The van der Waals surface area contributed by atoms with Crippen LogP contribution in [0.2, 0.25) is 5.02 Å². The minimum absolute atomic E-state index is 0.0583. The van der Waals surface area contributed by atoms with Crippen molar-refractivity contribution in [3.05, 3.63) is 71.3 Å². The Balaban J connectivity index is 1.95. The van der Waals surface area contributed by atoms with E-state index in [-0.39, 0.29) is 18.4 Å². The van der Waals surface area contributed by atoms with Gasteiger partial charge in [0.25, 0.3) is 0 Å². The number of halogens is 1. The number of carboxylic acid groups (broad SMARTS) is 1. The highest BCUT2D eigenvalue weighted by atomic mass is 35.5. The van der Waals surface area contributed by atoms with Crippen LogP contribution in [0, 0.1) is 5.92 Å². The van der Waals surface area contributed by atoms with Crippen LogP contribution in [-0.2, 0) is 11.2 Å². The number of ether oxygens (including phenoxy) is 1. The number of benzene rings is 2. The fraction of sp³-hybridized carbons (Fsp3) is 0.286. The molecule has 2 unspecified atom stereocenters. The van der Waals surface area contributed by atoms with Gasteiger partial charge in [-0.1, -0.05) is 49.4 Å². The molecular weight excluding hydrogens is 336 g/mol. The monoisotopic (exact) mass is 358 g/mol. The number of hydrogen-bond donors (Lipinski definition) is 1. The lowest BCUT2D eigenvalue weighted by atomic mass is 9.99. The Morgan fingerprint density at radius 3 is 2.28 bits per heavy atom. The quantitative estimate of drug-likeness (QED) is 0.680. The Hall–Kier alpha value is -2.26. The highest BCUT2D eigenvalue weighted by molar-refractivity contribution is 6.30. The Morgan fingerprint density at radius 2 is 1.72 bits per heavy atom. The normalized spacial score (nSPS) is 13.1. The molecule has 0 radical (unpaired) electrons. The molecule has 3 nitrogen and oxygen atoms in total. The van der Waals surface area contributed by atoms with Crippen LogP contribution in [0.25, 0.3) is 5.57 Å². The van der Waals surface area contributed by atoms with Crippen LogP contribution in [0.3, 0.4) is 0 Å². The first-order valence-electron chi connectivity index (χ1n) is 8.26. The van der Waals surface area contributed by atoms with Crippen molar-refractivity contribution in [1.29, 1.82) is 0 Å². The third-order valence-corrected chi connectivity index (χ3v) is 4.47. The molecule has 1 N–H and O–H groups in total. The van der Waals surface area contributed by atoms with Crippen molar-refractivity contribution < 1.29 is 14.6 Å². The third-order valence-electron chi connectivity index (χ3n) is 4.21. The number of allylic oxidation sites excluding steroid dienone is 1. The second-order valence-corrected chi connectivity index (χ2v) is 6.77. The first-order valence-corrected chi connectivity index (χ1v) is 8.64. The van der Waals surface area contributed by atoms with E-state index in [4.69, 9.17) is 21.4 Å². The first-order chi connectivity index (χ1) is 11.8. The lowest BCUT2D eigenvalue weighted by Crippen LogP contribution is -2.23. The van der Waals surface area contributed by atoms with Crippen molar-refractivity contribution in [3.8, 4) is 5.75 Å². The van der Waals surface area contributed by atoms with Crippen molar-refractivity contribution in [1.82, 2.24) is 0 Å². The minimum Gasteiger partial charge on any atom is -0.490 e. The largest absolute Gasteiger partial charge is 0.490 e. The zero-order valence-electron chi connectivity index (χ0n) is 14.5. The highest BCUT2D eigenvalue weighted by Crippen LogP contribution is 2.23. The summed E-state index contributed by atoms with van der Waals surface area (Å²) in [6.07, 6.45) is 0.680. The van der Waals surface area contributed by atoms with Crippen molar-refractivity contribution >= 4 is 23.1 Å². The van der Waals surface area contributed by atoms with E-state index in [1.165, 1.54) is 0 Å². The summed E-state index contributed by atoms with van der Waals surface area (Å²) in [6.45, 7) is 7.92. The first kappa shape index (κ1) is 19.1. The van der Waals surface area contributed by atoms with Gasteiger partial charge < -0.3 is 9.84 Å². The molecule has 0 aliphatic heterocycles. The van der Waals surface area contributed by atoms with Crippen LogP contribution in [0.15, 0.2) is 55.1 Å². The molecule has 0 heterocycles. The molecule has 2 atom stereocenters. The maximum absolute atomic E-state index is 10.8. The van der Waals surface area contributed by atoms with E-state index < -0.39 is 5.97 Å². The molecule has 2 aromatic carbocycles. The summed E-state index contributed by atoms with van der Waals surface area (Å²) in [4.78, 5) is 10.8. The standard InChI is InChI=1S/C21H23ClO3/c1-14(13-21(23)24)16(3)25-20-10-6-18(7-11-20)15(2)12-17-4-8-19(22)9-5-17/h4-11,14,16H,2,12-13H2,1,3H3,(H,23,24). The van der Waals surface area contributed by atoms with Gasteiger partial charge in [0.05, 0.1) is 12.5 Å². The van der Waals surface area contributed by atoms with E-state index in [0.717, 1.165) is 33.9 Å². The molecule has 0 saturated carbocycles. The highest BCUT2D eigenvalue weighted by Gasteiger charge is 2.17. The number of carbonyl (C=O) groups is 1. The van der Waals surface area contributed by atoms with Gasteiger partial charge in [-0.05, 0) is 54.3 Å². The van der Waals surface area contributed by atoms with Gasteiger partial charge in [0.1, 0.15) is 5.75 Å². The summed E-state index contributed by atoms with van der Waals surface area (Å²) in [6, 6.07) is 15.5. The molecule has 0 saturated heterocycles. The van der Waals surface area contributed by atoms with Gasteiger partial charge in [-0.2, -0.15) is 0 Å². The molecule has 2 aromatic rings. The Bertz CT molecular complexity index is 720. The Labute approximate surface area is 153 Å². The van der Waals surface area contributed by atoms with E-state index in [2.05, 4.69) is 6.58 Å². The lowest BCUT2D eigenvalue weighted by molar-refractivity contribution is -0.138. The molecule has 132 valence electrons. The molecule has 0 amide bonds. The second-order valence-electron chi connectivity index (χ2n) is 6.33. The smallest absolute Gasteiger partial charge is 0.303 e. The van der Waals surface area contributed by atoms with E-state index in [1.54, 1.807) is 0 Å². The Kier molecular flexibility index (Phi) is 6.65. The fourth-order valence-corrected chi connectivity index (χ4v) is 2.62. The predicted molar refractivity (Wildman–Crippen MR) is 102 cm³/mol. The van der Waals surface area contributed by atoms with E-state index in [9.17, 15) is 4.79 Å². The zero-order valence-corrected chi connectivity index (χ0v) is 15.3. The van der Waals surface area contributed by atoms with Gasteiger partial charge in [-0.3, -0.25) is 4.79 Å². The van der Waals surface area contributed by atoms with Crippen molar-refractivity contribution in [2.45, 2.75) is 32.8 Å². The lowest BCUT2D eigenvalue weighted by Gasteiger charge is -2.20. The third kappa shape index (κ3) is 5.95. The summed E-state index contributed by atoms with van der Waals surface area (Å²) >= 11 is 5.91. The number of aliphatic carboxylic acids is 1. The summed E-state index contributed by atoms with van der Waals surface area (Å²) < 4.78 is 5.84. The van der Waals surface area contributed by atoms with Crippen molar-refractivity contribution in [2.75, 3.05) is 0 Å². The molecule has 2 rings (SSSR count). The molecule has 0 aromatic heterocycles. The van der Waals surface area contributed by atoms with Gasteiger partial charge in [-0.25, -0.2) is 0 Å². The number of rotatable bonds is 8. The average Bonchev–Trinajstić information content (AvgIpc) is 2.57. The summed E-state index contributed by atoms with van der Waals surface area (Å²) in [5.41, 5.74) is 3.22. The van der Waals surface area contributed by atoms with Gasteiger partial charge in [0.2, 0.25) is 0 Å². The van der Waals surface area contributed by atoms with Gasteiger partial charge >= 0.3 is 5.97 Å². The molecule has 0 aliphatic carbocycles. The van der Waals surface area contributed by atoms with Crippen molar-refractivity contribution in [2.24, 2.45) is 5.92 Å². The molecular formula is C21H23ClO3. The van der Waals surface area contributed by atoms with Crippen LogP contribution in [0.1, 0.15) is 31.4 Å². The number of carboxylic acids is 1. The van der Waals surface area contributed by atoms with Gasteiger partial charge in [-0.15, -0.1) is 0 Å². The molecule has 0 spiro atoms. The average molecular weight is 359 g/mol. The van der Waals surface area contributed by atoms with Crippen LogP contribution in [0.5, 0.6) is 5.75 Å².